The van der Waals surface area contributed by atoms with E-state index >= 15 is 0 Å². The summed E-state index contributed by atoms with van der Waals surface area (Å²) >= 11 is 0. The minimum Gasteiger partial charge on any atom is -0.507 e. The first-order chi connectivity index (χ1) is 23.6. The molecule has 7 rings (SSSR count). The number of fused-ring (bicyclic) bond motifs is 2. The van der Waals surface area contributed by atoms with Crippen molar-refractivity contribution in [1.29, 1.82) is 0 Å². The first-order valence-corrected chi connectivity index (χ1v) is 17.3. The van der Waals surface area contributed by atoms with Crippen molar-refractivity contribution in [2.75, 3.05) is 0 Å². The largest absolute Gasteiger partial charge is 0.507 e. The first-order valence-electron chi connectivity index (χ1n) is 17.3. The smallest absolute Gasteiger partial charge is 0.157 e. The Hall–Kier alpha value is -4.60. The maximum Gasteiger partial charge on any atom is 0.157 e. The SMILES string of the molecule is CC(C)(C)c1ccc(-n2c(-c3[c-]c(-c4cc(C(C)(C)C)cc5c(C(C)(C)C)ccnc45)ccc3)nc3c(-c4ccccc4O)ccnc32)cc1.[Pt]. The molecule has 3 heterocycles. The molecule has 0 spiro atoms. The standard InChI is InChI=1S/C45H45N4O.Pt/c1-43(2,3)30-17-19-32(20-18-30)49-41(48-40-34(21-23-47-42(40)49)33-15-10-11-16-38(33)50)29-14-12-13-28(25-29)35-26-31(44(4,5)6)27-36-37(45(7,8)9)22-24-46-39(35)36;/h10-24,26-27,50H,1-9H3;/q-1;. The monoisotopic (exact) mass is 852 g/mol. The molecule has 51 heavy (non-hydrogen) atoms. The van der Waals surface area contributed by atoms with Crippen LogP contribution < -0.4 is 0 Å². The topological polar surface area (TPSA) is 63.8 Å². The summed E-state index contributed by atoms with van der Waals surface area (Å²) in [6.07, 6.45) is 3.72. The second kappa shape index (κ2) is 13.2. The molecule has 4 aromatic carbocycles. The first kappa shape index (κ1) is 36.2. The fraction of sp³-hybridized carbons (Fsp3) is 0.267. The van der Waals surface area contributed by atoms with Gasteiger partial charge in [0, 0.05) is 55.8 Å². The number of aromatic hydroxyl groups is 1. The number of phenolic OH excluding ortho intramolecular Hbond substituents is 1. The molecule has 7 aromatic rings. The van der Waals surface area contributed by atoms with Gasteiger partial charge in [-0.1, -0.05) is 116 Å². The van der Waals surface area contributed by atoms with Crippen molar-refractivity contribution < 1.29 is 26.2 Å². The van der Waals surface area contributed by atoms with Crippen molar-refractivity contribution in [2.45, 2.75) is 78.6 Å². The number of benzene rings is 4. The Kier molecular flexibility index (Phi) is 9.36. The molecule has 0 aliphatic carbocycles. The Morgan fingerprint density at radius 3 is 1.92 bits per heavy atom. The molecule has 0 aliphatic heterocycles. The van der Waals surface area contributed by atoms with Gasteiger partial charge in [0.2, 0.25) is 0 Å². The summed E-state index contributed by atoms with van der Waals surface area (Å²) in [4.78, 5) is 15.1. The van der Waals surface area contributed by atoms with Gasteiger partial charge in [-0.2, -0.15) is 0 Å². The van der Waals surface area contributed by atoms with Gasteiger partial charge in [0.15, 0.2) is 5.65 Å². The van der Waals surface area contributed by atoms with Crippen molar-refractivity contribution in [3.8, 4) is 45.1 Å². The number of hydrogen-bond donors (Lipinski definition) is 1. The minimum absolute atomic E-state index is 0. The normalized spacial score (nSPS) is 12.3. The molecule has 0 atom stereocenters. The average molecular weight is 853 g/mol. The van der Waals surface area contributed by atoms with Gasteiger partial charge in [-0.15, -0.1) is 29.8 Å². The molecule has 1 N–H and O–H groups in total. The summed E-state index contributed by atoms with van der Waals surface area (Å²) in [7, 11) is 0. The summed E-state index contributed by atoms with van der Waals surface area (Å²) in [5.41, 5.74) is 11.4. The number of para-hydroxylation sites is 1. The molecule has 6 heteroatoms. The molecule has 0 aliphatic rings. The summed E-state index contributed by atoms with van der Waals surface area (Å²) in [5.74, 6) is 0.923. The Balaban J connectivity index is 0.00000448. The summed E-state index contributed by atoms with van der Waals surface area (Å²) < 4.78 is 2.11. The molecule has 0 bridgehead atoms. The number of rotatable bonds is 4. The Bertz CT molecular complexity index is 2390. The van der Waals surface area contributed by atoms with E-state index in [2.05, 4.69) is 134 Å². The van der Waals surface area contributed by atoms with Crippen molar-refractivity contribution >= 4 is 22.1 Å². The summed E-state index contributed by atoms with van der Waals surface area (Å²) in [5, 5.41) is 12.0. The zero-order chi connectivity index (χ0) is 35.6. The predicted molar refractivity (Wildman–Crippen MR) is 207 cm³/mol. The molecular weight excluding hydrogens is 808 g/mol. The molecule has 262 valence electrons. The molecule has 0 unspecified atom stereocenters. The fourth-order valence-electron chi connectivity index (χ4n) is 6.73. The van der Waals surface area contributed by atoms with Gasteiger partial charge in [0.25, 0.3) is 0 Å². The third-order valence-corrected chi connectivity index (χ3v) is 9.58. The van der Waals surface area contributed by atoms with E-state index in [4.69, 9.17) is 15.0 Å². The predicted octanol–water partition coefficient (Wildman–Crippen LogP) is 11.4. The van der Waals surface area contributed by atoms with Crippen molar-refractivity contribution in [3.05, 3.63) is 126 Å². The van der Waals surface area contributed by atoms with E-state index < -0.39 is 0 Å². The Morgan fingerprint density at radius 1 is 0.588 bits per heavy atom. The van der Waals surface area contributed by atoms with Gasteiger partial charge in [-0.05, 0) is 68.7 Å². The van der Waals surface area contributed by atoms with Crippen molar-refractivity contribution in [3.63, 3.8) is 0 Å². The van der Waals surface area contributed by atoms with Gasteiger partial charge in [-0.3, -0.25) is 9.97 Å². The molecule has 3 aromatic heterocycles. The van der Waals surface area contributed by atoms with Gasteiger partial charge >= 0.3 is 0 Å². The van der Waals surface area contributed by atoms with E-state index in [1.54, 1.807) is 12.3 Å². The number of imidazole rings is 1. The van der Waals surface area contributed by atoms with E-state index in [0.29, 0.717) is 16.7 Å². The molecule has 5 nitrogen and oxygen atoms in total. The maximum atomic E-state index is 10.9. The van der Waals surface area contributed by atoms with Crippen LogP contribution in [0.5, 0.6) is 5.75 Å². The fourth-order valence-corrected chi connectivity index (χ4v) is 6.73. The quantitative estimate of drug-likeness (QED) is 0.179. The van der Waals surface area contributed by atoms with Crippen LogP contribution in [0.4, 0.5) is 0 Å². The molecule has 0 amide bonds. The zero-order valence-electron chi connectivity index (χ0n) is 30.9. The van der Waals surface area contributed by atoms with Gasteiger partial charge in [0.1, 0.15) is 11.3 Å². The van der Waals surface area contributed by atoms with Crippen LogP contribution in [-0.4, -0.2) is 24.6 Å². The average Bonchev–Trinajstić information content (AvgIpc) is 3.47. The summed E-state index contributed by atoms with van der Waals surface area (Å²) in [6.45, 7) is 20.2. The van der Waals surface area contributed by atoms with Gasteiger partial charge < -0.3 is 9.67 Å². The van der Waals surface area contributed by atoms with Crippen LogP contribution in [0.3, 0.4) is 0 Å². The van der Waals surface area contributed by atoms with Crippen LogP contribution in [0.25, 0.3) is 61.4 Å². The number of nitrogens with zero attached hydrogens (tertiary/aromatic N) is 4. The van der Waals surface area contributed by atoms with E-state index in [-0.39, 0.29) is 43.1 Å². The Morgan fingerprint density at radius 2 is 1.25 bits per heavy atom. The molecule has 0 radical (unpaired) electrons. The number of hydrogen-bond acceptors (Lipinski definition) is 4. The van der Waals surface area contributed by atoms with Crippen LogP contribution in [0.1, 0.15) is 79.0 Å². The van der Waals surface area contributed by atoms with Crippen LogP contribution >= 0.6 is 0 Å². The molecule has 0 saturated heterocycles. The van der Waals surface area contributed by atoms with E-state index in [1.807, 2.05) is 30.5 Å². The van der Waals surface area contributed by atoms with Crippen molar-refractivity contribution in [2.24, 2.45) is 0 Å². The number of pyridine rings is 2. The second-order valence-corrected chi connectivity index (χ2v) is 16.4. The molecular formula is C45H45N4OPt-. The summed E-state index contributed by atoms with van der Waals surface area (Å²) in [6, 6.07) is 34.7. The van der Waals surface area contributed by atoms with Crippen LogP contribution in [0, 0.1) is 6.07 Å². The Labute approximate surface area is 316 Å². The van der Waals surface area contributed by atoms with E-state index in [9.17, 15) is 5.11 Å². The maximum absolute atomic E-state index is 10.9. The van der Waals surface area contributed by atoms with Crippen LogP contribution in [0.15, 0.2) is 103 Å². The third-order valence-electron chi connectivity index (χ3n) is 9.58. The van der Waals surface area contributed by atoms with Crippen molar-refractivity contribution in [1.82, 2.24) is 19.5 Å². The zero-order valence-corrected chi connectivity index (χ0v) is 33.1. The van der Waals surface area contributed by atoms with E-state index in [0.717, 1.165) is 39.3 Å². The van der Waals surface area contributed by atoms with Crippen LogP contribution in [0.2, 0.25) is 0 Å². The van der Waals surface area contributed by atoms with E-state index in [1.165, 1.54) is 22.1 Å². The second-order valence-electron chi connectivity index (χ2n) is 16.4. The number of aromatic nitrogens is 4. The minimum atomic E-state index is -0.0657. The van der Waals surface area contributed by atoms with Gasteiger partial charge in [-0.25, -0.2) is 4.98 Å². The molecule has 0 saturated carbocycles. The van der Waals surface area contributed by atoms with Gasteiger partial charge in [0.05, 0.1) is 5.82 Å². The third kappa shape index (κ3) is 6.77. The number of phenols is 1. The van der Waals surface area contributed by atoms with Crippen LogP contribution in [-0.2, 0) is 37.3 Å². The molecule has 0 fully saturated rings.